The molecule has 0 spiro atoms. The summed E-state index contributed by atoms with van der Waals surface area (Å²) in [6.45, 7) is 4.88. The fourth-order valence-electron chi connectivity index (χ4n) is 4.41. The summed E-state index contributed by atoms with van der Waals surface area (Å²) < 4.78 is 28.7. The van der Waals surface area contributed by atoms with Crippen LogP contribution < -0.4 is 5.32 Å². The van der Waals surface area contributed by atoms with Gasteiger partial charge in [0.2, 0.25) is 0 Å². The average molecular weight is 389 g/mol. The van der Waals surface area contributed by atoms with E-state index in [0.717, 1.165) is 18.5 Å². The van der Waals surface area contributed by atoms with Crippen LogP contribution in [0.25, 0.3) is 0 Å². The van der Waals surface area contributed by atoms with Crippen LogP contribution in [0.2, 0.25) is 0 Å². The zero-order chi connectivity index (χ0) is 19.8. The van der Waals surface area contributed by atoms with Gasteiger partial charge in [0.1, 0.15) is 11.9 Å². The summed E-state index contributed by atoms with van der Waals surface area (Å²) in [7, 11) is 0. The predicted molar refractivity (Wildman–Crippen MR) is 102 cm³/mol. The lowest BCUT2D eigenvalue weighted by molar-refractivity contribution is 0.0505. The number of fused-ring (bicyclic) bond motifs is 1. The number of nitrogens with zero attached hydrogens (tertiary/aromatic N) is 4. The Labute approximate surface area is 162 Å². The number of aromatic nitrogens is 3. The van der Waals surface area contributed by atoms with Crippen LogP contribution >= 0.6 is 0 Å². The van der Waals surface area contributed by atoms with Crippen LogP contribution in [-0.2, 0) is 0 Å². The molecule has 0 aromatic carbocycles. The van der Waals surface area contributed by atoms with E-state index in [1.54, 1.807) is 18.3 Å². The Morgan fingerprint density at radius 1 is 1.36 bits per heavy atom. The summed E-state index contributed by atoms with van der Waals surface area (Å²) in [5.74, 6) is 0.739. The molecule has 2 aliphatic rings. The minimum absolute atomic E-state index is 0.0302. The lowest BCUT2D eigenvalue weighted by Gasteiger charge is -2.41. The summed E-state index contributed by atoms with van der Waals surface area (Å²) in [6, 6.07) is 4.34. The van der Waals surface area contributed by atoms with Crippen molar-refractivity contribution < 1.29 is 13.6 Å². The van der Waals surface area contributed by atoms with Crippen molar-refractivity contribution in [1.82, 2.24) is 19.7 Å². The van der Waals surface area contributed by atoms with Crippen LogP contribution in [0.15, 0.2) is 24.4 Å². The van der Waals surface area contributed by atoms with Gasteiger partial charge in [-0.25, -0.2) is 13.5 Å². The molecular formula is C20H25F2N5O. The molecule has 0 saturated carbocycles. The number of carbonyl (C=O) groups excluding carboxylic acids is 1. The fraction of sp³-hybridized carbons (Fsp3) is 0.550. The number of rotatable bonds is 3. The van der Waals surface area contributed by atoms with Crippen molar-refractivity contribution in [3.63, 3.8) is 0 Å². The molecule has 4 heterocycles. The number of halogens is 2. The number of hydrogen-bond donors (Lipinski definition) is 1. The highest BCUT2D eigenvalue weighted by Gasteiger charge is 2.38. The highest BCUT2D eigenvalue weighted by Crippen LogP contribution is 2.36. The molecule has 1 amide bonds. The van der Waals surface area contributed by atoms with Crippen molar-refractivity contribution in [3.05, 3.63) is 41.3 Å². The second-order valence-corrected chi connectivity index (χ2v) is 7.79. The molecule has 4 rings (SSSR count). The molecule has 0 aliphatic carbocycles. The number of pyridine rings is 1. The Balaban J connectivity index is 1.52. The zero-order valence-electron chi connectivity index (χ0n) is 16.1. The molecule has 28 heavy (non-hydrogen) atoms. The van der Waals surface area contributed by atoms with Crippen molar-refractivity contribution >= 4 is 11.7 Å². The first-order chi connectivity index (χ1) is 13.4. The molecule has 6 nitrogen and oxygen atoms in total. The normalized spacial score (nSPS) is 24.8. The maximum atomic E-state index is 13.7. The Hall–Kier alpha value is -2.51. The van der Waals surface area contributed by atoms with E-state index in [1.807, 2.05) is 24.8 Å². The first-order valence-electron chi connectivity index (χ1n) is 9.75. The van der Waals surface area contributed by atoms with Gasteiger partial charge < -0.3 is 10.2 Å². The van der Waals surface area contributed by atoms with Crippen LogP contribution in [0.4, 0.5) is 14.6 Å². The van der Waals surface area contributed by atoms with E-state index in [4.69, 9.17) is 0 Å². The lowest BCUT2D eigenvalue weighted by Crippen LogP contribution is -2.48. The SMILES string of the molecule is Cc1cc2n(n1)[C@@H](C(F)F)C[C@@H]([C@H]1CCCN(C(=O)c3cccnc3C)C1)N2. The van der Waals surface area contributed by atoms with Gasteiger partial charge in [-0.1, -0.05) is 0 Å². The number of nitrogens with one attached hydrogen (secondary N) is 1. The number of alkyl halides is 2. The van der Waals surface area contributed by atoms with Crippen LogP contribution in [0.1, 0.15) is 47.1 Å². The molecule has 2 aromatic rings. The summed E-state index contributed by atoms with van der Waals surface area (Å²) in [6.07, 6.45) is 1.29. The molecule has 0 unspecified atom stereocenters. The number of likely N-dealkylation sites (tertiary alicyclic amines) is 1. The van der Waals surface area contributed by atoms with Gasteiger partial charge in [0.05, 0.1) is 11.3 Å². The number of hydrogen-bond acceptors (Lipinski definition) is 4. The maximum absolute atomic E-state index is 13.7. The number of anilines is 1. The van der Waals surface area contributed by atoms with Crippen LogP contribution in [0.5, 0.6) is 0 Å². The molecule has 1 saturated heterocycles. The van der Waals surface area contributed by atoms with Crippen LogP contribution in [-0.4, -0.2) is 51.1 Å². The number of piperidine rings is 1. The van der Waals surface area contributed by atoms with Gasteiger partial charge in [0.15, 0.2) is 0 Å². The second-order valence-electron chi connectivity index (χ2n) is 7.79. The third-order valence-corrected chi connectivity index (χ3v) is 5.84. The highest BCUT2D eigenvalue weighted by molar-refractivity contribution is 5.95. The molecule has 8 heteroatoms. The summed E-state index contributed by atoms with van der Waals surface area (Å²) in [5, 5.41) is 7.63. The highest BCUT2D eigenvalue weighted by atomic mass is 19.3. The van der Waals surface area contributed by atoms with E-state index in [0.29, 0.717) is 36.6 Å². The topological polar surface area (TPSA) is 63.1 Å². The van der Waals surface area contributed by atoms with Crippen molar-refractivity contribution in [2.45, 2.75) is 51.6 Å². The second kappa shape index (κ2) is 7.48. The predicted octanol–water partition coefficient (Wildman–Crippen LogP) is 3.44. The van der Waals surface area contributed by atoms with Crippen molar-refractivity contribution in [2.75, 3.05) is 18.4 Å². The van der Waals surface area contributed by atoms with Crippen molar-refractivity contribution in [3.8, 4) is 0 Å². The standard InChI is InChI=1S/C20H25F2N5O/c1-12-9-18-24-16(10-17(19(21)22)27(18)25-12)14-5-4-8-26(11-14)20(28)15-6-3-7-23-13(15)2/h3,6-7,9,14,16-17,19,24H,4-5,8,10-11H2,1-2H3/t14-,16-,17+/m0/s1. The van der Waals surface area contributed by atoms with E-state index in [1.165, 1.54) is 4.68 Å². The molecule has 0 radical (unpaired) electrons. The quantitative estimate of drug-likeness (QED) is 0.874. The summed E-state index contributed by atoms with van der Waals surface area (Å²) in [5.41, 5.74) is 2.04. The number of carbonyl (C=O) groups is 1. The van der Waals surface area contributed by atoms with Crippen molar-refractivity contribution in [2.24, 2.45) is 5.92 Å². The Morgan fingerprint density at radius 3 is 2.93 bits per heavy atom. The first kappa shape index (κ1) is 18.8. The molecular weight excluding hydrogens is 364 g/mol. The largest absolute Gasteiger partial charge is 0.367 e. The van der Waals surface area contributed by atoms with E-state index < -0.39 is 12.5 Å². The summed E-state index contributed by atoms with van der Waals surface area (Å²) >= 11 is 0. The van der Waals surface area contributed by atoms with E-state index in [2.05, 4.69) is 15.4 Å². The number of amides is 1. The molecule has 150 valence electrons. The minimum Gasteiger partial charge on any atom is -0.367 e. The number of aryl methyl sites for hydroxylation is 2. The van der Waals surface area contributed by atoms with Gasteiger partial charge in [-0.15, -0.1) is 0 Å². The molecule has 1 fully saturated rings. The third kappa shape index (κ3) is 3.47. The van der Waals surface area contributed by atoms with Gasteiger partial charge in [-0.05, 0) is 51.2 Å². The average Bonchev–Trinajstić information content (AvgIpc) is 3.07. The van der Waals surface area contributed by atoms with Crippen LogP contribution in [0, 0.1) is 19.8 Å². The van der Waals surface area contributed by atoms with E-state index >= 15 is 0 Å². The van der Waals surface area contributed by atoms with Gasteiger partial charge >= 0.3 is 0 Å². The first-order valence-corrected chi connectivity index (χ1v) is 9.75. The minimum atomic E-state index is -2.47. The van der Waals surface area contributed by atoms with Crippen LogP contribution in [0.3, 0.4) is 0 Å². The lowest BCUT2D eigenvalue weighted by atomic mass is 9.85. The Kier molecular flexibility index (Phi) is 5.03. The van der Waals surface area contributed by atoms with Gasteiger partial charge in [-0.3, -0.25) is 9.78 Å². The van der Waals surface area contributed by atoms with E-state index in [-0.39, 0.29) is 17.9 Å². The Bertz CT molecular complexity index is 868. The molecule has 3 atom stereocenters. The maximum Gasteiger partial charge on any atom is 0.260 e. The smallest absolute Gasteiger partial charge is 0.260 e. The monoisotopic (exact) mass is 389 g/mol. The van der Waals surface area contributed by atoms with Gasteiger partial charge in [0.25, 0.3) is 12.3 Å². The summed E-state index contributed by atoms with van der Waals surface area (Å²) in [4.78, 5) is 19.0. The Morgan fingerprint density at radius 2 is 2.18 bits per heavy atom. The van der Waals surface area contributed by atoms with E-state index in [9.17, 15) is 13.6 Å². The van der Waals surface area contributed by atoms with Gasteiger partial charge in [0, 0.05) is 37.1 Å². The van der Waals surface area contributed by atoms with Gasteiger partial charge in [-0.2, -0.15) is 5.10 Å². The third-order valence-electron chi connectivity index (χ3n) is 5.84. The molecule has 2 aromatic heterocycles. The zero-order valence-corrected chi connectivity index (χ0v) is 16.1. The fourth-order valence-corrected chi connectivity index (χ4v) is 4.41. The van der Waals surface area contributed by atoms with Crippen molar-refractivity contribution in [1.29, 1.82) is 0 Å². The molecule has 2 aliphatic heterocycles. The molecule has 0 bridgehead atoms. The molecule has 1 N–H and O–H groups in total.